The largest absolute Gasteiger partial charge is 0.395 e. The number of nitrogens with zero attached hydrogens (tertiary/aromatic N) is 1. The highest BCUT2D eigenvalue weighted by molar-refractivity contribution is 5.70. The van der Waals surface area contributed by atoms with Crippen molar-refractivity contribution in [3.05, 3.63) is 65.5 Å². The SMILES string of the molecule is CN(CCO)c1ccc(C=Cc2cccc(F)c2)cc1. The van der Waals surface area contributed by atoms with Gasteiger partial charge < -0.3 is 10.0 Å². The molecule has 0 bridgehead atoms. The molecule has 2 rings (SSSR count). The molecule has 20 heavy (non-hydrogen) atoms. The maximum Gasteiger partial charge on any atom is 0.123 e. The third-order valence-corrected chi connectivity index (χ3v) is 3.09. The Labute approximate surface area is 118 Å². The van der Waals surface area contributed by atoms with E-state index >= 15 is 0 Å². The second-order valence-corrected chi connectivity index (χ2v) is 4.63. The van der Waals surface area contributed by atoms with Gasteiger partial charge in [0.2, 0.25) is 0 Å². The van der Waals surface area contributed by atoms with Gasteiger partial charge in [-0.1, -0.05) is 36.4 Å². The van der Waals surface area contributed by atoms with Crippen LogP contribution in [0.3, 0.4) is 0 Å². The van der Waals surface area contributed by atoms with Crippen LogP contribution in [0.5, 0.6) is 0 Å². The van der Waals surface area contributed by atoms with E-state index in [1.807, 2.05) is 54.4 Å². The van der Waals surface area contributed by atoms with Crippen LogP contribution in [0.1, 0.15) is 11.1 Å². The molecular formula is C17H18FNO. The normalized spacial score (nSPS) is 10.9. The standard InChI is InChI=1S/C17H18FNO/c1-19(11-12-20)17-9-7-14(8-10-17)5-6-15-3-2-4-16(18)13-15/h2-10,13,20H,11-12H2,1H3. The summed E-state index contributed by atoms with van der Waals surface area (Å²) >= 11 is 0. The quantitative estimate of drug-likeness (QED) is 0.842. The number of benzene rings is 2. The monoisotopic (exact) mass is 271 g/mol. The van der Waals surface area contributed by atoms with Gasteiger partial charge >= 0.3 is 0 Å². The fourth-order valence-electron chi connectivity index (χ4n) is 1.92. The lowest BCUT2D eigenvalue weighted by atomic mass is 10.1. The highest BCUT2D eigenvalue weighted by Gasteiger charge is 1.98. The van der Waals surface area contributed by atoms with Crippen LogP contribution in [0.2, 0.25) is 0 Å². The van der Waals surface area contributed by atoms with Crippen LogP contribution in [0.4, 0.5) is 10.1 Å². The first-order valence-electron chi connectivity index (χ1n) is 6.55. The molecule has 104 valence electrons. The van der Waals surface area contributed by atoms with E-state index in [0.29, 0.717) is 6.54 Å². The minimum absolute atomic E-state index is 0.137. The molecule has 1 N–H and O–H groups in total. The van der Waals surface area contributed by atoms with Crippen molar-refractivity contribution in [2.75, 3.05) is 25.1 Å². The van der Waals surface area contributed by atoms with Gasteiger partial charge in [0.05, 0.1) is 6.61 Å². The summed E-state index contributed by atoms with van der Waals surface area (Å²) in [6.45, 7) is 0.746. The van der Waals surface area contributed by atoms with Crippen LogP contribution in [-0.4, -0.2) is 25.3 Å². The Morgan fingerprint density at radius 1 is 1.05 bits per heavy atom. The number of hydrogen-bond acceptors (Lipinski definition) is 2. The molecule has 3 heteroatoms. The number of rotatable bonds is 5. The van der Waals surface area contributed by atoms with Crippen LogP contribution in [0, 0.1) is 5.82 Å². The van der Waals surface area contributed by atoms with Crippen molar-refractivity contribution < 1.29 is 9.50 Å². The number of aliphatic hydroxyl groups excluding tert-OH is 1. The van der Waals surface area contributed by atoms with Crippen LogP contribution in [0.15, 0.2) is 48.5 Å². The summed E-state index contributed by atoms with van der Waals surface area (Å²) in [5.74, 6) is -0.229. The van der Waals surface area contributed by atoms with E-state index < -0.39 is 0 Å². The number of anilines is 1. The van der Waals surface area contributed by atoms with E-state index in [1.54, 1.807) is 6.07 Å². The molecule has 2 nitrogen and oxygen atoms in total. The van der Waals surface area contributed by atoms with Gasteiger partial charge in [0.15, 0.2) is 0 Å². The Balaban J connectivity index is 2.07. The molecule has 0 spiro atoms. The molecule has 0 aliphatic carbocycles. The molecule has 0 aliphatic heterocycles. The molecule has 2 aromatic rings. The summed E-state index contributed by atoms with van der Waals surface area (Å²) in [7, 11) is 1.94. The van der Waals surface area contributed by atoms with Gasteiger partial charge in [-0.2, -0.15) is 0 Å². The third kappa shape index (κ3) is 3.93. The van der Waals surface area contributed by atoms with Crippen molar-refractivity contribution in [2.24, 2.45) is 0 Å². The van der Waals surface area contributed by atoms with Crippen LogP contribution < -0.4 is 4.90 Å². The Hall–Kier alpha value is -2.13. The molecule has 0 fully saturated rings. The fraction of sp³-hybridized carbons (Fsp3) is 0.176. The number of likely N-dealkylation sites (N-methyl/N-ethyl adjacent to an activating group) is 1. The van der Waals surface area contributed by atoms with E-state index in [0.717, 1.165) is 16.8 Å². The smallest absolute Gasteiger partial charge is 0.123 e. The van der Waals surface area contributed by atoms with E-state index in [-0.39, 0.29) is 12.4 Å². The zero-order chi connectivity index (χ0) is 14.4. The first-order chi connectivity index (χ1) is 9.69. The molecule has 0 heterocycles. The average molecular weight is 271 g/mol. The Bertz CT molecular complexity index is 578. The maximum absolute atomic E-state index is 13.0. The van der Waals surface area contributed by atoms with E-state index in [2.05, 4.69) is 0 Å². The van der Waals surface area contributed by atoms with Crippen molar-refractivity contribution in [3.63, 3.8) is 0 Å². The molecule has 0 aromatic heterocycles. The lowest BCUT2D eigenvalue weighted by molar-refractivity contribution is 0.304. The van der Waals surface area contributed by atoms with Gasteiger partial charge in [0.1, 0.15) is 5.82 Å². The molecule has 0 aliphatic rings. The Kier molecular flexibility index (Phi) is 4.91. The van der Waals surface area contributed by atoms with Crippen molar-refractivity contribution >= 4 is 17.8 Å². The molecule has 0 amide bonds. The van der Waals surface area contributed by atoms with Crippen molar-refractivity contribution in [3.8, 4) is 0 Å². The topological polar surface area (TPSA) is 23.5 Å². The summed E-state index contributed by atoms with van der Waals surface area (Å²) in [4.78, 5) is 1.99. The van der Waals surface area contributed by atoms with Gasteiger partial charge in [-0.3, -0.25) is 0 Å². The summed E-state index contributed by atoms with van der Waals surface area (Å²) in [5, 5.41) is 8.90. The van der Waals surface area contributed by atoms with Gasteiger partial charge in [-0.05, 0) is 35.4 Å². The number of hydrogen-bond donors (Lipinski definition) is 1. The van der Waals surface area contributed by atoms with E-state index in [4.69, 9.17) is 5.11 Å². The first-order valence-corrected chi connectivity index (χ1v) is 6.55. The third-order valence-electron chi connectivity index (χ3n) is 3.09. The predicted octanol–water partition coefficient (Wildman–Crippen LogP) is 3.42. The molecule has 0 atom stereocenters. The lowest BCUT2D eigenvalue weighted by Gasteiger charge is -2.17. The average Bonchev–Trinajstić information content (AvgIpc) is 2.46. The van der Waals surface area contributed by atoms with Crippen molar-refractivity contribution in [1.82, 2.24) is 0 Å². The zero-order valence-corrected chi connectivity index (χ0v) is 11.5. The van der Waals surface area contributed by atoms with Crippen LogP contribution >= 0.6 is 0 Å². The second kappa shape index (κ2) is 6.87. The summed E-state index contributed by atoms with van der Waals surface area (Å²) in [6.07, 6.45) is 3.83. The second-order valence-electron chi connectivity index (χ2n) is 4.63. The van der Waals surface area contributed by atoms with Gasteiger partial charge in [0.25, 0.3) is 0 Å². The van der Waals surface area contributed by atoms with Crippen molar-refractivity contribution in [1.29, 1.82) is 0 Å². The Morgan fingerprint density at radius 2 is 1.75 bits per heavy atom. The minimum Gasteiger partial charge on any atom is -0.395 e. The molecule has 0 unspecified atom stereocenters. The molecular weight excluding hydrogens is 253 g/mol. The predicted molar refractivity (Wildman–Crippen MR) is 82.1 cm³/mol. The van der Waals surface area contributed by atoms with Gasteiger partial charge in [0, 0.05) is 19.3 Å². The first kappa shape index (κ1) is 14.3. The molecule has 0 radical (unpaired) electrons. The zero-order valence-electron chi connectivity index (χ0n) is 11.5. The number of halogens is 1. The van der Waals surface area contributed by atoms with E-state index in [1.165, 1.54) is 12.1 Å². The summed E-state index contributed by atoms with van der Waals surface area (Å²) in [6, 6.07) is 14.5. The fourth-order valence-corrected chi connectivity index (χ4v) is 1.92. The molecule has 0 saturated heterocycles. The van der Waals surface area contributed by atoms with Gasteiger partial charge in [-0.25, -0.2) is 4.39 Å². The van der Waals surface area contributed by atoms with Crippen LogP contribution in [-0.2, 0) is 0 Å². The van der Waals surface area contributed by atoms with Crippen LogP contribution in [0.25, 0.3) is 12.2 Å². The van der Waals surface area contributed by atoms with Gasteiger partial charge in [-0.15, -0.1) is 0 Å². The number of aliphatic hydroxyl groups is 1. The lowest BCUT2D eigenvalue weighted by Crippen LogP contribution is -2.20. The Morgan fingerprint density at radius 3 is 2.40 bits per heavy atom. The molecule has 0 saturated carbocycles. The highest BCUT2D eigenvalue weighted by Crippen LogP contribution is 2.15. The summed E-state index contributed by atoms with van der Waals surface area (Å²) < 4.78 is 13.0. The van der Waals surface area contributed by atoms with Crippen molar-refractivity contribution in [2.45, 2.75) is 0 Å². The maximum atomic E-state index is 13.0. The molecule has 2 aromatic carbocycles. The summed E-state index contributed by atoms with van der Waals surface area (Å²) in [5.41, 5.74) is 2.95. The minimum atomic E-state index is -0.229. The highest BCUT2D eigenvalue weighted by atomic mass is 19.1. The van der Waals surface area contributed by atoms with E-state index in [9.17, 15) is 4.39 Å².